The number of aromatic nitrogens is 1. The number of carbonyl (C=O) groups excluding carboxylic acids is 1. The Bertz CT molecular complexity index is 1190. The number of pyridine rings is 1. The van der Waals surface area contributed by atoms with Crippen LogP contribution in [0, 0.1) is 12.7 Å². The standard InChI is InChI=1S/C26H22FNO3/c1-18-24(26(29)31-17-7-16-30-21-14-12-20(27)13-15-21)22-10-5-6-11-23(22)28-25(18)19-8-3-2-4-9-19/h2-6,8-15H,7,16-17H2,1H3. The van der Waals surface area contributed by atoms with Gasteiger partial charge < -0.3 is 9.47 Å². The monoisotopic (exact) mass is 415 g/mol. The number of carbonyl (C=O) groups is 1. The van der Waals surface area contributed by atoms with Gasteiger partial charge >= 0.3 is 5.97 Å². The molecule has 1 aromatic heterocycles. The molecule has 0 radical (unpaired) electrons. The Morgan fingerprint density at radius 1 is 0.903 bits per heavy atom. The molecule has 0 N–H and O–H groups in total. The molecule has 0 atom stereocenters. The lowest BCUT2D eigenvalue weighted by molar-refractivity contribution is 0.0487. The van der Waals surface area contributed by atoms with Gasteiger partial charge in [0.05, 0.1) is 30.0 Å². The van der Waals surface area contributed by atoms with Crippen molar-refractivity contribution < 1.29 is 18.7 Å². The molecule has 4 nitrogen and oxygen atoms in total. The lowest BCUT2D eigenvalue weighted by Crippen LogP contribution is -2.12. The minimum atomic E-state index is -0.380. The van der Waals surface area contributed by atoms with E-state index in [1.807, 2.05) is 61.5 Å². The van der Waals surface area contributed by atoms with Gasteiger partial charge in [-0.05, 0) is 42.8 Å². The molecule has 1 heterocycles. The van der Waals surface area contributed by atoms with Gasteiger partial charge in [0.1, 0.15) is 11.6 Å². The van der Waals surface area contributed by atoms with Crippen molar-refractivity contribution in [3.63, 3.8) is 0 Å². The van der Waals surface area contributed by atoms with Crippen molar-refractivity contribution in [2.75, 3.05) is 13.2 Å². The summed E-state index contributed by atoms with van der Waals surface area (Å²) in [7, 11) is 0. The molecule has 0 saturated carbocycles. The molecule has 0 bridgehead atoms. The quantitative estimate of drug-likeness (QED) is 0.275. The first-order valence-electron chi connectivity index (χ1n) is 10.1. The minimum absolute atomic E-state index is 0.219. The van der Waals surface area contributed by atoms with Crippen LogP contribution in [0.4, 0.5) is 4.39 Å². The summed E-state index contributed by atoms with van der Waals surface area (Å²) in [4.78, 5) is 17.8. The maximum atomic E-state index is 13.0. The Labute approximate surface area is 180 Å². The first-order valence-corrected chi connectivity index (χ1v) is 10.1. The number of ether oxygens (including phenoxy) is 2. The molecule has 0 saturated heterocycles. The zero-order valence-corrected chi connectivity index (χ0v) is 17.2. The normalized spacial score (nSPS) is 10.8. The Morgan fingerprint density at radius 2 is 1.61 bits per heavy atom. The molecule has 3 aromatic carbocycles. The van der Waals surface area contributed by atoms with Crippen LogP contribution in [0.25, 0.3) is 22.2 Å². The van der Waals surface area contributed by atoms with Crippen LogP contribution in [0.3, 0.4) is 0 Å². The predicted molar refractivity (Wildman–Crippen MR) is 119 cm³/mol. The maximum absolute atomic E-state index is 13.0. The van der Waals surface area contributed by atoms with Gasteiger partial charge in [-0.3, -0.25) is 0 Å². The molecule has 0 amide bonds. The number of esters is 1. The van der Waals surface area contributed by atoms with E-state index < -0.39 is 0 Å². The second-order valence-corrected chi connectivity index (χ2v) is 7.14. The average Bonchev–Trinajstić information content (AvgIpc) is 2.80. The first-order chi connectivity index (χ1) is 15.1. The number of halogens is 1. The van der Waals surface area contributed by atoms with Gasteiger partial charge in [-0.25, -0.2) is 14.2 Å². The van der Waals surface area contributed by atoms with Crippen LogP contribution < -0.4 is 4.74 Å². The fourth-order valence-corrected chi connectivity index (χ4v) is 3.46. The van der Waals surface area contributed by atoms with Gasteiger partial charge in [0.25, 0.3) is 0 Å². The van der Waals surface area contributed by atoms with Crippen molar-refractivity contribution in [2.24, 2.45) is 0 Å². The van der Waals surface area contributed by atoms with Crippen LogP contribution in [-0.4, -0.2) is 24.2 Å². The summed E-state index contributed by atoms with van der Waals surface area (Å²) in [6.07, 6.45) is 0.525. The molecule has 0 aliphatic heterocycles. The topological polar surface area (TPSA) is 48.4 Å². The third kappa shape index (κ3) is 4.72. The molecule has 31 heavy (non-hydrogen) atoms. The third-order valence-electron chi connectivity index (χ3n) is 4.99. The number of nitrogens with zero attached hydrogens (tertiary/aromatic N) is 1. The fraction of sp³-hybridized carbons (Fsp3) is 0.154. The van der Waals surface area contributed by atoms with E-state index in [2.05, 4.69) is 0 Å². The molecule has 156 valence electrons. The van der Waals surface area contributed by atoms with Crippen LogP contribution in [0.2, 0.25) is 0 Å². The molecule has 0 fully saturated rings. The van der Waals surface area contributed by atoms with E-state index in [9.17, 15) is 9.18 Å². The van der Waals surface area contributed by atoms with Crippen LogP contribution in [0.15, 0.2) is 78.9 Å². The van der Waals surface area contributed by atoms with Crippen molar-refractivity contribution in [3.05, 3.63) is 95.8 Å². The highest BCUT2D eigenvalue weighted by Crippen LogP contribution is 2.30. The largest absolute Gasteiger partial charge is 0.493 e. The number of hydrogen-bond acceptors (Lipinski definition) is 4. The van der Waals surface area contributed by atoms with Crippen LogP contribution in [-0.2, 0) is 4.74 Å². The van der Waals surface area contributed by atoms with Crippen LogP contribution in [0.5, 0.6) is 5.75 Å². The van der Waals surface area contributed by atoms with Gasteiger partial charge in [-0.2, -0.15) is 0 Å². The van der Waals surface area contributed by atoms with Gasteiger partial charge in [-0.1, -0.05) is 48.5 Å². The Balaban J connectivity index is 1.49. The smallest absolute Gasteiger partial charge is 0.339 e. The Hall–Kier alpha value is -3.73. The molecule has 0 aliphatic carbocycles. The maximum Gasteiger partial charge on any atom is 0.339 e. The van der Waals surface area contributed by atoms with Crippen LogP contribution >= 0.6 is 0 Å². The lowest BCUT2D eigenvalue weighted by atomic mass is 9.98. The molecule has 0 unspecified atom stereocenters. The second kappa shape index (κ2) is 9.39. The fourth-order valence-electron chi connectivity index (χ4n) is 3.46. The number of fused-ring (bicyclic) bond motifs is 1. The highest BCUT2D eigenvalue weighted by Gasteiger charge is 2.19. The Kier molecular flexibility index (Phi) is 6.22. The molecule has 0 spiro atoms. The predicted octanol–water partition coefficient (Wildman–Crippen LogP) is 5.98. The van der Waals surface area contributed by atoms with E-state index in [-0.39, 0.29) is 18.4 Å². The van der Waals surface area contributed by atoms with E-state index in [0.29, 0.717) is 24.3 Å². The van der Waals surface area contributed by atoms with Crippen molar-refractivity contribution in [1.29, 1.82) is 0 Å². The van der Waals surface area contributed by atoms with Gasteiger partial charge in [0, 0.05) is 17.4 Å². The van der Waals surface area contributed by atoms with E-state index in [0.717, 1.165) is 27.7 Å². The summed E-state index contributed by atoms with van der Waals surface area (Å²) in [5.74, 6) is -0.109. The number of benzene rings is 3. The number of rotatable bonds is 7. The number of para-hydroxylation sites is 1. The molecule has 5 heteroatoms. The van der Waals surface area contributed by atoms with Crippen molar-refractivity contribution in [1.82, 2.24) is 4.98 Å². The van der Waals surface area contributed by atoms with Gasteiger partial charge in [-0.15, -0.1) is 0 Å². The van der Waals surface area contributed by atoms with E-state index >= 15 is 0 Å². The zero-order valence-electron chi connectivity index (χ0n) is 17.2. The summed E-state index contributed by atoms with van der Waals surface area (Å²) in [6, 6.07) is 23.2. The van der Waals surface area contributed by atoms with Gasteiger partial charge in [0.15, 0.2) is 0 Å². The number of hydrogen-bond donors (Lipinski definition) is 0. The minimum Gasteiger partial charge on any atom is -0.493 e. The molecular weight excluding hydrogens is 393 g/mol. The first kappa shape index (κ1) is 20.5. The van der Waals surface area contributed by atoms with Crippen molar-refractivity contribution >= 4 is 16.9 Å². The molecule has 4 rings (SSSR count). The summed E-state index contributed by atoms with van der Waals surface area (Å²) >= 11 is 0. The summed E-state index contributed by atoms with van der Waals surface area (Å²) in [5.41, 5.74) is 3.79. The average molecular weight is 415 g/mol. The molecule has 0 aliphatic rings. The van der Waals surface area contributed by atoms with Crippen molar-refractivity contribution in [2.45, 2.75) is 13.3 Å². The second-order valence-electron chi connectivity index (χ2n) is 7.14. The van der Waals surface area contributed by atoms with E-state index in [4.69, 9.17) is 14.5 Å². The van der Waals surface area contributed by atoms with Crippen LogP contribution in [0.1, 0.15) is 22.3 Å². The van der Waals surface area contributed by atoms with Crippen molar-refractivity contribution in [3.8, 4) is 17.0 Å². The molecular formula is C26H22FNO3. The van der Waals surface area contributed by atoms with Gasteiger partial charge in [0.2, 0.25) is 0 Å². The third-order valence-corrected chi connectivity index (χ3v) is 4.99. The highest BCUT2D eigenvalue weighted by molar-refractivity contribution is 6.06. The highest BCUT2D eigenvalue weighted by atomic mass is 19.1. The van der Waals surface area contributed by atoms with E-state index in [1.54, 1.807) is 12.1 Å². The van der Waals surface area contributed by atoms with E-state index in [1.165, 1.54) is 12.1 Å². The summed E-state index contributed by atoms with van der Waals surface area (Å²) in [6.45, 7) is 2.48. The Morgan fingerprint density at radius 3 is 2.39 bits per heavy atom. The SMILES string of the molecule is Cc1c(-c2ccccc2)nc2ccccc2c1C(=O)OCCCOc1ccc(F)cc1. The summed E-state index contributed by atoms with van der Waals surface area (Å²) in [5, 5.41) is 0.771. The lowest BCUT2D eigenvalue weighted by Gasteiger charge is -2.14. The summed E-state index contributed by atoms with van der Waals surface area (Å²) < 4.78 is 24.1. The zero-order chi connectivity index (χ0) is 21.6. The molecule has 4 aromatic rings.